The van der Waals surface area contributed by atoms with Gasteiger partial charge in [0.1, 0.15) is 5.76 Å². The molecule has 0 radical (unpaired) electrons. The van der Waals surface area contributed by atoms with Gasteiger partial charge in [-0.3, -0.25) is 4.79 Å². The standard InChI is InChI=1S/C16H15BrN2O4/c1-2-21-14-7-11(8-18)6-13(17)16(14)23-10-15(20)19-9-12-4-3-5-22-12/h3-7H,2,9-10H2,1H3,(H,19,20). The van der Waals surface area contributed by atoms with E-state index < -0.39 is 0 Å². The highest BCUT2D eigenvalue weighted by Gasteiger charge is 2.14. The van der Waals surface area contributed by atoms with E-state index in [-0.39, 0.29) is 12.5 Å². The van der Waals surface area contributed by atoms with E-state index in [1.165, 1.54) is 0 Å². The molecule has 1 aromatic carbocycles. The molecule has 7 heteroatoms. The number of nitrogens with one attached hydrogen (secondary N) is 1. The number of carbonyl (C=O) groups is 1. The Bertz CT molecular complexity index is 708. The minimum absolute atomic E-state index is 0.175. The normalized spacial score (nSPS) is 9.96. The molecule has 6 nitrogen and oxygen atoms in total. The van der Waals surface area contributed by atoms with Gasteiger partial charge in [0.05, 0.1) is 35.5 Å². The molecule has 1 heterocycles. The van der Waals surface area contributed by atoms with Crippen LogP contribution >= 0.6 is 15.9 Å². The zero-order valence-corrected chi connectivity index (χ0v) is 14.1. The van der Waals surface area contributed by atoms with Gasteiger partial charge in [-0.15, -0.1) is 0 Å². The fraction of sp³-hybridized carbons (Fsp3) is 0.250. The van der Waals surface area contributed by atoms with E-state index in [1.807, 2.05) is 13.0 Å². The van der Waals surface area contributed by atoms with Crippen LogP contribution in [0.3, 0.4) is 0 Å². The minimum atomic E-state index is -0.292. The van der Waals surface area contributed by atoms with Crippen LogP contribution in [0, 0.1) is 11.3 Å². The van der Waals surface area contributed by atoms with Gasteiger partial charge in [0.15, 0.2) is 18.1 Å². The number of halogens is 1. The first-order valence-corrected chi connectivity index (χ1v) is 7.71. The highest BCUT2D eigenvalue weighted by atomic mass is 79.9. The van der Waals surface area contributed by atoms with Crippen LogP contribution in [-0.4, -0.2) is 19.1 Å². The molecule has 2 rings (SSSR count). The summed E-state index contributed by atoms with van der Waals surface area (Å²) in [6.07, 6.45) is 1.54. The van der Waals surface area contributed by atoms with Crippen LogP contribution in [0.2, 0.25) is 0 Å². The molecule has 0 unspecified atom stereocenters. The molecule has 1 aromatic heterocycles. The van der Waals surface area contributed by atoms with Gasteiger partial charge in [-0.05, 0) is 41.1 Å². The molecule has 2 aromatic rings. The van der Waals surface area contributed by atoms with Crippen molar-refractivity contribution in [2.75, 3.05) is 13.2 Å². The summed E-state index contributed by atoms with van der Waals surface area (Å²) in [5.41, 5.74) is 0.440. The third-order valence-electron chi connectivity index (χ3n) is 2.83. The van der Waals surface area contributed by atoms with Gasteiger partial charge in [-0.1, -0.05) is 0 Å². The molecule has 1 N–H and O–H groups in total. The summed E-state index contributed by atoms with van der Waals surface area (Å²) in [7, 11) is 0. The van der Waals surface area contributed by atoms with Gasteiger partial charge in [0.2, 0.25) is 0 Å². The predicted octanol–water partition coefficient (Wildman–Crippen LogP) is 3.01. The summed E-state index contributed by atoms with van der Waals surface area (Å²) in [4.78, 5) is 11.8. The smallest absolute Gasteiger partial charge is 0.258 e. The molecule has 0 atom stereocenters. The molecule has 1 amide bonds. The van der Waals surface area contributed by atoms with Crippen molar-refractivity contribution in [3.63, 3.8) is 0 Å². The van der Waals surface area contributed by atoms with Crippen molar-refractivity contribution in [2.45, 2.75) is 13.5 Å². The third kappa shape index (κ3) is 4.76. The van der Waals surface area contributed by atoms with Crippen molar-refractivity contribution in [1.29, 1.82) is 5.26 Å². The van der Waals surface area contributed by atoms with Gasteiger partial charge in [0, 0.05) is 6.07 Å². The number of rotatable bonds is 7. The van der Waals surface area contributed by atoms with Crippen molar-refractivity contribution in [3.05, 3.63) is 46.3 Å². The number of hydrogen-bond donors (Lipinski definition) is 1. The van der Waals surface area contributed by atoms with Gasteiger partial charge in [0.25, 0.3) is 5.91 Å². The van der Waals surface area contributed by atoms with Crippen LogP contribution in [0.4, 0.5) is 0 Å². The Morgan fingerprint density at radius 3 is 2.91 bits per heavy atom. The average molecular weight is 379 g/mol. The Labute approximate surface area is 142 Å². The summed E-state index contributed by atoms with van der Waals surface area (Å²) in [5.74, 6) is 1.17. The summed E-state index contributed by atoms with van der Waals surface area (Å²) in [6.45, 7) is 2.36. The first-order chi connectivity index (χ1) is 11.1. The number of hydrogen-bond acceptors (Lipinski definition) is 5. The average Bonchev–Trinajstić information content (AvgIpc) is 3.05. The van der Waals surface area contributed by atoms with Crippen LogP contribution in [0.5, 0.6) is 11.5 Å². The van der Waals surface area contributed by atoms with Crippen LogP contribution in [0.25, 0.3) is 0 Å². The quantitative estimate of drug-likeness (QED) is 0.800. The van der Waals surface area contributed by atoms with Gasteiger partial charge < -0.3 is 19.2 Å². The van der Waals surface area contributed by atoms with Gasteiger partial charge in [-0.2, -0.15) is 5.26 Å². The van der Waals surface area contributed by atoms with Crippen LogP contribution in [-0.2, 0) is 11.3 Å². The van der Waals surface area contributed by atoms with E-state index in [2.05, 4.69) is 21.2 Å². The van der Waals surface area contributed by atoms with E-state index in [0.717, 1.165) is 0 Å². The molecule has 0 bridgehead atoms. The van der Waals surface area contributed by atoms with Crippen molar-refractivity contribution < 1.29 is 18.7 Å². The second-order valence-electron chi connectivity index (χ2n) is 4.47. The second kappa shape index (κ2) is 8.25. The number of ether oxygens (including phenoxy) is 2. The second-order valence-corrected chi connectivity index (χ2v) is 5.33. The lowest BCUT2D eigenvalue weighted by molar-refractivity contribution is -0.123. The zero-order chi connectivity index (χ0) is 16.7. The lowest BCUT2D eigenvalue weighted by Crippen LogP contribution is -2.28. The fourth-order valence-corrected chi connectivity index (χ4v) is 2.38. The molecule has 0 aliphatic rings. The molecule has 0 saturated carbocycles. The molecule has 0 fully saturated rings. The molecular weight excluding hydrogens is 364 g/mol. The summed E-state index contributed by atoms with van der Waals surface area (Å²) < 4.78 is 16.7. The molecule has 0 spiro atoms. The number of amides is 1. The third-order valence-corrected chi connectivity index (χ3v) is 3.41. The van der Waals surface area contributed by atoms with Gasteiger partial charge >= 0.3 is 0 Å². The van der Waals surface area contributed by atoms with E-state index in [9.17, 15) is 4.79 Å². The van der Waals surface area contributed by atoms with Crippen LogP contribution in [0.15, 0.2) is 39.4 Å². The van der Waals surface area contributed by atoms with Crippen LogP contribution < -0.4 is 14.8 Å². The predicted molar refractivity (Wildman–Crippen MR) is 86.1 cm³/mol. The maximum atomic E-state index is 11.8. The lowest BCUT2D eigenvalue weighted by Gasteiger charge is -2.13. The largest absolute Gasteiger partial charge is 0.490 e. The molecule has 0 saturated heterocycles. The molecular formula is C16H15BrN2O4. The zero-order valence-electron chi connectivity index (χ0n) is 12.5. The van der Waals surface area contributed by atoms with Crippen molar-refractivity contribution in [2.24, 2.45) is 0 Å². The highest BCUT2D eigenvalue weighted by molar-refractivity contribution is 9.10. The maximum Gasteiger partial charge on any atom is 0.258 e. The monoisotopic (exact) mass is 378 g/mol. The molecule has 0 aliphatic heterocycles. The maximum absolute atomic E-state index is 11.8. The number of furan rings is 1. The topological polar surface area (TPSA) is 84.5 Å². The summed E-state index contributed by atoms with van der Waals surface area (Å²) >= 11 is 3.33. The Balaban J connectivity index is 1.98. The SMILES string of the molecule is CCOc1cc(C#N)cc(Br)c1OCC(=O)NCc1ccco1. The van der Waals surface area contributed by atoms with Crippen LogP contribution in [0.1, 0.15) is 18.2 Å². The van der Waals surface area contributed by atoms with E-state index in [4.69, 9.17) is 19.2 Å². The summed E-state index contributed by atoms with van der Waals surface area (Å²) in [5, 5.41) is 11.7. The Morgan fingerprint density at radius 1 is 1.43 bits per heavy atom. The Hall–Kier alpha value is -2.46. The number of nitriles is 1. The van der Waals surface area contributed by atoms with Crippen molar-refractivity contribution in [1.82, 2.24) is 5.32 Å². The first kappa shape index (κ1) is 16.9. The van der Waals surface area contributed by atoms with Gasteiger partial charge in [-0.25, -0.2) is 0 Å². The minimum Gasteiger partial charge on any atom is -0.490 e. The fourth-order valence-electron chi connectivity index (χ4n) is 1.82. The highest BCUT2D eigenvalue weighted by Crippen LogP contribution is 2.36. The molecule has 0 aliphatic carbocycles. The molecule has 120 valence electrons. The number of benzene rings is 1. The lowest BCUT2D eigenvalue weighted by atomic mass is 10.2. The van der Waals surface area contributed by atoms with Crippen molar-refractivity contribution >= 4 is 21.8 Å². The Kier molecular flexibility index (Phi) is 6.06. The first-order valence-electron chi connectivity index (χ1n) is 6.92. The Morgan fingerprint density at radius 2 is 2.26 bits per heavy atom. The number of carbonyl (C=O) groups excluding carboxylic acids is 1. The van der Waals surface area contributed by atoms with E-state index in [0.29, 0.717) is 40.4 Å². The summed E-state index contributed by atoms with van der Waals surface area (Å²) in [6, 6.07) is 8.74. The van der Waals surface area contributed by atoms with Crippen molar-refractivity contribution in [3.8, 4) is 17.6 Å². The number of nitrogens with zero attached hydrogens (tertiary/aromatic N) is 1. The molecule has 23 heavy (non-hydrogen) atoms. The van der Waals surface area contributed by atoms with E-state index >= 15 is 0 Å². The van der Waals surface area contributed by atoms with E-state index in [1.54, 1.807) is 30.5 Å².